The van der Waals surface area contributed by atoms with Crippen molar-refractivity contribution in [3.8, 4) is 17.0 Å². The first-order chi connectivity index (χ1) is 22.2. The Kier molecular flexibility index (Phi) is 8.90. The highest BCUT2D eigenvalue weighted by molar-refractivity contribution is 7.87. The van der Waals surface area contributed by atoms with E-state index in [-0.39, 0.29) is 43.3 Å². The number of methoxy groups -OCH3 is 1. The molecule has 2 amide bonds. The van der Waals surface area contributed by atoms with Crippen molar-refractivity contribution in [2.24, 2.45) is 0 Å². The molecule has 0 bridgehead atoms. The second kappa shape index (κ2) is 12.5. The topological polar surface area (TPSA) is 151 Å². The Bertz CT molecular complexity index is 1810. The third kappa shape index (κ3) is 5.92. The molecule has 4 atom stereocenters. The molecular formula is C34H44N4O8S. The van der Waals surface area contributed by atoms with Crippen LogP contribution in [0.1, 0.15) is 79.5 Å². The van der Waals surface area contributed by atoms with Gasteiger partial charge in [0.25, 0.3) is 11.8 Å². The van der Waals surface area contributed by atoms with Crippen LogP contribution in [0.4, 0.5) is 0 Å². The summed E-state index contributed by atoms with van der Waals surface area (Å²) < 4.78 is 41.3. The molecule has 2 aliphatic heterocycles. The molecular weight excluding hydrogens is 624 g/mol. The van der Waals surface area contributed by atoms with E-state index in [0.29, 0.717) is 22.4 Å². The lowest BCUT2D eigenvalue weighted by Gasteiger charge is -2.41. The SMILES string of the molecule is COc1ccc2c(c1)C(O)C(O)(C(=O)N1C[C@@H](C)O[C@@H](C)C1)Cn1c-2c(C2CCCCC2)c2ccc(C(=O)NS(=O)(=O)N(C)C)cc21. The highest BCUT2D eigenvalue weighted by atomic mass is 32.2. The molecule has 0 radical (unpaired) electrons. The predicted molar refractivity (Wildman–Crippen MR) is 176 cm³/mol. The molecule has 3 N–H and O–H groups in total. The van der Waals surface area contributed by atoms with Gasteiger partial charge in [0, 0.05) is 49.2 Å². The standard InChI is InChI=1S/C34H44N4O8S/c1-20-17-37(18-21(2)46-20)33(41)34(42)19-38-28-15-23(32(40)35-47(43,44)36(3)4)11-13-26(28)29(22-9-7-6-8-10-22)30(38)25-14-12-24(45-5)16-27(25)31(34)39/h11-16,20-22,31,39,42H,6-10,17-19H2,1-5H3,(H,35,40)/t20-,21+,31?,34?. The van der Waals surface area contributed by atoms with Crippen molar-refractivity contribution >= 4 is 32.9 Å². The van der Waals surface area contributed by atoms with Crippen LogP contribution in [-0.2, 0) is 26.3 Å². The summed E-state index contributed by atoms with van der Waals surface area (Å²) in [7, 11) is 0.117. The third-order valence-electron chi connectivity index (χ3n) is 9.82. The Hall–Kier alpha value is -3.49. The van der Waals surface area contributed by atoms with E-state index in [1.807, 2.05) is 30.5 Å². The van der Waals surface area contributed by atoms with E-state index in [0.717, 1.165) is 53.1 Å². The molecule has 3 aliphatic rings. The molecule has 254 valence electrons. The van der Waals surface area contributed by atoms with Crippen molar-refractivity contribution in [1.82, 2.24) is 18.5 Å². The summed E-state index contributed by atoms with van der Waals surface area (Å²) in [6, 6.07) is 10.3. The number of hydrogen-bond acceptors (Lipinski definition) is 8. The van der Waals surface area contributed by atoms with Gasteiger partial charge < -0.3 is 29.2 Å². The second-order valence-electron chi connectivity index (χ2n) is 13.4. The van der Waals surface area contributed by atoms with Crippen LogP contribution in [0.3, 0.4) is 0 Å². The van der Waals surface area contributed by atoms with Gasteiger partial charge in [-0.15, -0.1) is 0 Å². The van der Waals surface area contributed by atoms with E-state index < -0.39 is 33.7 Å². The number of carbonyl (C=O) groups excluding carboxylic acids is 2. The monoisotopic (exact) mass is 668 g/mol. The number of nitrogens with one attached hydrogen (secondary N) is 1. The van der Waals surface area contributed by atoms with Gasteiger partial charge in [-0.05, 0) is 74.1 Å². The van der Waals surface area contributed by atoms with Crippen LogP contribution in [0.5, 0.6) is 5.75 Å². The predicted octanol–water partition coefficient (Wildman–Crippen LogP) is 3.31. The Balaban J connectivity index is 1.60. The third-order valence-corrected chi connectivity index (χ3v) is 11.2. The molecule has 1 saturated heterocycles. The molecule has 6 rings (SSSR count). The Morgan fingerprint density at radius 3 is 2.36 bits per heavy atom. The smallest absolute Gasteiger partial charge is 0.303 e. The first-order valence-electron chi connectivity index (χ1n) is 16.2. The molecule has 0 spiro atoms. The van der Waals surface area contributed by atoms with Crippen molar-refractivity contribution in [2.45, 2.75) is 82.3 Å². The maximum atomic E-state index is 14.4. The van der Waals surface area contributed by atoms with Crippen molar-refractivity contribution in [3.05, 3.63) is 53.1 Å². The minimum atomic E-state index is -4.06. The van der Waals surface area contributed by atoms with E-state index in [9.17, 15) is 28.2 Å². The lowest BCUT2D eigenvalue weighted by Crippen LogP contribution is -2.59. The molecule has 2 aromatic carbocycles. The molecule has 13 heteroatoms. The molecule has 1 aliphatic carbocycles. The number of hydrogen-bond donors (Lipinski definition) is 3. The summed E-state index contributed by atoms with van der Waals surface area (Å²) in [6.45, 7) is 3.92. The molecule has 47 heavy (non-hydrogen) atoms. The number of aromatic nitrogens is 1. The van der Waals surface area contributed by atoms with E-state index >= 15 is 0 Å². The van der Waals surface area contributed by atoms with Crippen LogP contribution in [0.2, 0.25) is 0 Å². The van der Waals surface area contributed by atoms with Gasteiger partial charge in [0.1, 0.15) is 11.9 Å². The number of aliphatic hydroxyl groups is 2. The Morgan fingerprint density at radius 2 is 1.72 bits per heavy atom. The van der Waals surface area contributed by atoms with Gasteiger partial charge in [0.15, 0.2) is 5.60 Å². The van der Waals surface area contributed by atoms with E-state index in [1.165, 1.54) is 21.2 Å². The minimum absolute atomic E-state index is 0.101. The normalized spacial score (nSPS) is 25.3. The van der Waals surface area contributed by atoms with Crippen LogP contribution in [0.25, 0.3) is 22.2 Å². The fraction of sp³-hybridized carbons (Fsp3) is 0.529. The molecule has 1 aromatic heterocycles. The van der Waals surface area contributed by atoms with Gasteiger partial charge >= 0.3 is 10.2 Å². The first-order valence-corrected chi connectivity index (χ1v) is 17.6. The maximum absolute atomic E-state index is 14.4. The summed E-state index contributed by atoms with van der Waals surface area (Å²) in [4.78, 5) is 29.2. The quantitative estimate of drug-likeness (QED) is 0.362. The van der Waals surface area contributed by atoms with E-state index in [4.69, 9.17) is 9.47 Å². The Labute approximate surface area is 275 Å². The number of ether oxygens (including phenoxy) is 2. The maximum Gasteiger partial charge on any atom is 0.303 e. The van der Waals surface area contributed by atoms with E-state index in [1.54, 1.807) is 29.2 Å². The average molecular weight is 669 g/mol. The zero-order valence-corrected chi connectivity index (χ0v) is 28.3. The van der Waals surface area contributed by atoms with Crippen molar-refractivity contribution in [2.75, 3.05) is 34.3 Å². The molecule has 3 heterocycles. The number of morpholine rings is 1. The summed E-state index contributed by atoms with van der Waals surface area (Å²) >= 11 is 0. The summed E-state index contributed by atoms with van der Waals surface area (Å²) in [5.41, 5.74) is 1.16. The summed E-state index contributed by atoms with van der Waals surface area (Å²) in [5, 5.41) is 25.4. The molecule has 2 unspecified atom stereocenters. The molecule has 2 fully saturated rings. The number of nitrogens with zero attached hydrogens (tertiary/aromatic N) is 3. The largest absolute Gasteiger partial charge is 0.497 e. The zero-order valence-electron chi connectivity index (χ0n) is 27.5. The zero-order chi connectivity index (χ0) is 33.8. The van der Waals surface area contributed by atoms with Crippen molar-refractivity contribution < 1.29 is 37.7 Å². The highest BCUT2D eigenvalue weighted by Crippen LogP contribution is 2.50. The number of rotatable bonds is 6. The van der Waals surface area contributed by atoms with Crippen LogP contribution >= 0.6 is 0 Å². The fourth-order valence-corrected chi connectivity index (χ4v) is 8.08. The first kappa shape index (κ1) is 33.4. The van der Waals surface area contributed by atoms with Crippen molar-refractivity contribution in [1.29, 1.82) is 0 Å². The fourth-order valence-electron chi connectivity index (χ4n) is 7.54. The van der Waals surface area contributed by atoms with Crippen LogP contribution in [0, 0.1) is 0 Å². The van der Waals surface area contributed by atoms with Crippen LogP contribution < -0.4 is 9.46 Å². The average Bonchev–Trinajstić information content (AvgIpc) is 3.31. The molecule has 3 aromatic rings. The highest BCUT2D eigenvalue weighted by Gasteiger charge is 2.51. The lowest BCUT2D eigenvalue weighted by atomic mass is 9.80. The lowest BCUT2D eigenvalue weighted by molar-refractivity contribution is -0.177. The van der Waals surface area contributed by atoms with Crippen LogP contribution in [-0.4, -0.2) is 96.3 Å². The second-order valence-corrected chi connectivity index (χ2v) is 15.3. The van der Waals surface area contributed by atoms with Gasteiger partial charge in [0.05, 0.1) is 31.6 Å². The van der Waals surface area contributed by atoms with Gasteiger partial charge in [0.2, 0.25) is 0 Å². The van der Waals surface area contributed by atoms with Gasteiger partial charge in [-0.25, -0.2) is 4.72 Å². The molecule has 12 nitrogen and oxygen atoms in total. The van der Waals surface area contributed by atoms with Crippen molar-refractivity contribution in [3.63, 3.8) is 0 Å². The number of benzene rings is 2. The summed E-state index contributed by atoms with van der Waals surface area (Å²) in [5.74, 6) is -0.806. The number of carbonyl (C=O) groups is 2. The number of aliphatic hydroxyl groups excluding tert-OH is 1. The number of amides is 2. The number of fused-ring (bicyclic) bond motifs is 5. The molecule has 1 saturated carbocycles. The summed E-state index contributed by atoms with van der Waals surface area (Å²) in [6.07, 6.45) is 2.98. The van der Waals surface area contributed by atoms with Gasteiger partial charge in [-0.3, -0.25) is 9.59 Å². The Morgan fingerprint density at radius 1 is 1.04 bits per heavy atom. The minimum Gasteiger partial charge on any atom is -0.497 e. The van der Waals surface area contributed by atoms with Crippen LogP contribution in [0.15, 0.2) is 36.4 Å². The van der Waals surface area contributed by atoms with Gasteiger partial charge in [-0.2, -0.15) is 12.7 Å². The van der Waals surface area contributed by atoms with E-state index in [2.05, 4.69) is 4.72 Å². The van der Waals surface area contributed by atoms with Gasteiger partial charge in [-0.1, -0.05) is 25.3 Å².